The van der Waals surface area contributed by atoms with Crippen LogP contribution in [0.2, 0.25) is 0 Å². The zero-order valence-electron chi connectivity index (χ0n) is 11.0. The predicted molar refractivity (Wildman–Crippen MR) is 77.4 cm³/mol. The van der Waals surface area contributed by atoms with E-state index in [-0.39, 0.29) is 5.92 Å². The lowest BCUT2D eigenvalue weighted by Crippen LogP contribution is -2.46. The SMILES string of the molecule is O=C(NC(C(=O)O)C1CCCCC1)c1cccnc1Br. The van der Waals surface area contributed by atoms with Crippen LogP contribution in [0.1, 0.15) is 42.5 Å². The molecule has 1 saturated carbocycles. The Bertz CT molecular complexity index is 501. The maximum Gasteiger partial charge on any atom is 0.326 e. The van der Waals surface area contributed by atoms with Gasteiger partial charge in [-0.1, -0.05) is 19.3 Å². The zero-order chi connectivity index (χ0) is 14.5. The Labute approximate surface area is 125 Å². The summed E-state index contributed by atoms with van der Waals surface area (Å²) in [6, 6.07) is 2.44. The number of hydrogen-bond acceptors (Lipinski definition) is 3. The maximum atomic E-state index is 12.2. The molecule has 1 amide bonds. The van der Waals surface area contributed by atoms with E-state index in [1.54, 1.807) is 18.3 Å². The van der Waals surface area contributed by atoms with Crippen molar-refractivity contribution in [2.75, 3.05) is 0 Å². The molecule has 20 heavy (non-hydrogen) atoms. The van der Waals surface area contributed by atoms with Crippen LogP contribution < -0.4 is 5.32 Å². The molecule has 6 heteroatoms. The van der Waals surface area contributed by atoms with Crippen molar-refractivity contribution in [1.82, 2.24) is 10.3 Å². The molecular weight excluding hydrogens is 324 g/mol. The zero-order valence-corrected chi connectivity index (χ0v) is 12.6. The number of rotatable bonds is 4. The summed E-state index contributed by atoms with van der Waals surface area (Å²) in [5.74, 6) is -1.35. The van der Waals surface area contributed by atoms with Gasteiger partial charge in [0, 0.05) is 6.20 Å². The normalized spacial score (nSPS) is 17.4. The van der Waals surface area contributed by atoms with Crippen molar-refractivity contribution >= 4 is 27.8 Å². The standard InChI is InChI=1S/C14H17BrN2O3/c15-12-10(7-4-8-16-12)13(18)17-11(14(19)20)9-5-2-1-3-6-9/h4,7-9,11H,1-3,5-6H2,(H,17,18)(H,19,20). The van der Waals surface area contributed by atoms with Crippen molar-refractivity contribution in [2.24, 2.45) is 5.92 Å². The Morgan fingerprint density at radius 2 is 2.05 bits per heavy atom. The number of carboxylic acid groups (broad SMARTS) is 1. The number of pyridine rings is 1. The molecule has 1 aromatic heterocycles. The fourth-order valence-electron chi connectivity index (χ4n) is 2.62. The third-order valence-corrected chi connectivity index (χ3v) is 4.31. The highest BCUT2D eigenvalue weighted by atomic mass is 79.9. The van der Waals surface area contributed by atoms with Gasteiger partial charge in [-0.15, -0.1) is 0 Å². The average molecular weight is 341 g/mol. The molecule has 0 aromatic carbocycles. The van der Waals surface area contributed by atoms with Crippen molar-refractivity contribution < 1.29 is 14.7 Å². The number of carboxylic acids is 1. The van der Waals surface area contributed by atoms with Gasteiger partial charge in [0.15, 0.2) is 0 Å². The molecule has 1 fully saturated rings. The van der Waals surface area contributed by atoms with E-state index in [0.717, 1.165) is 32.1 Å². The third-order valence-electron chi connectivity index (χ3n) is 3.68. The Kier molecular flexibility index (Phi) is 5.11. The highest BCUT2D eigenvalue weighted by Crippen LogP contribution is 2.27. The minimum atomic E-state index is -0.967. The number of nitrogens with one attached hydrogen (secondary N) is 1. The first-order valence-electron chi connectivity index (χ1n) is 6.74. The first-order valence-corrected chi connectivity index (χ1v) is 7.53. The molecule has 1 heterocycles. The molecule has 0 aliphatic heterocycles. The van der Waals surface area contributed by atoms with Crippen LogP contribution in [0, 0.1) is 5.92 Å². The van der Waals surface area contributed by atoms with Crippen LogP contribution in [0.25, 0.3) is 0 Å². The number of aliphatic carboxylic acids is 1. The van der Waals surface area contributed by atoms with Gasteiger partial charge in [0.25, 0.3) is 5.91 Å². The minimum Gasteiger partial charge on any atom is -0.480 e. The summed E-state index contributed by atoms with van der Waals surface area (Å²) in [4.78, 5) is 27.6. The highest BCUT2D eigenvalue weighted by molar-refractivity contribution is 9.10. The van der Waals surface area contributed by atoms with E-state index in [0.29, 0.717) is 10.2 Å². The smallest absolute Gasteiger partial charge is 0.326 e. The lowest BCUT2D eigenvalue weighted by atomic mass is 9.84. The van der Waals surface area contributed by atoms with Crippen molar-refractivity contribution in [3.8, 4) is 0 Å². The van der Waals surface area contributed by atoms with Crippen molar-refractivity contribution in [3.63, 3.8) is 0 Å². The Balaban J connectivity index is 2.10. The van der Waals surface area contributed by atoms with Gasteiger partial charge in [-0.25, -0.2) is 9.78 Å². The summed E-state index contributed by atoms with van der Waals surface area (Å²) in [5, 5.41) is 12.0. The number of aromatic nitrogens is 1. The summed E-state index contributed by atoms with van der Waals surface area (Å²) in [5.41, 5.74) is 0.356. The lowest BCUT2D eigenvalue weighted by molar-refractivity contribution is -0.141. The van der Waals surface area contributed by atoms with Crippen LogP contribution in [0.5, 0.6) is 0 Å². The van der Waals surface area contributed by atoms with E-state index < -0.39 is 17.9 Å². The second kappa shape index (κ2) is 6.83. The molecule has 0 spiro atoms. The number of nitrogens with zero attached hydrogens (tertiary/aromatic N) is 1. The quantitative estimate of drug-likeness (QED) is 0.825. The summed E-state index contributed by atoms with van der Waals surface area (Å²) in [7, 11) is 0. The number of carbonyl (C=O) groups is 2. The molecule has 5 nitrogen and oxygen atoms in total. The van der Waals surface area contributed by atoms with Crippen LogP contribution in [-0.2, 0) is 4.79 Å². The van der Waals surface area contributed by atoms with Crippen LogP contribution in [0.15, 0.2) is 22.9 Å². The summed E-state index contributed by atoms with van der Waals surface area (Å²) >= 11 is 3.20. The second-order valence-electron chi connectivity index (χ2n) is 5.03. The monoisotopic (exact) mass is 340 g/mol. The molecule has 1 aliphatic rings. The predicted octanol–water partition coefficient (Wildman–Crippen LogP) is 2.61. The highest BCUT2D eigenvalue weighted by Gasteiger charge is 2.31. The first-order chi connectivity index (χ1) is 9.59. The van der Waals surface area contributed by atoms with Crippen molar-refractivity contribution in [2.45, 2.75) is 38.1 Å². The van der Waals surface area contributed by atoms with E-state index in [4.69, 9.17) is 0 Å². The van der Waals surface area contributed by atoms with Crippen molar-refractivity contribution in [1.29, 1.82) is 0 Å². The van der Waals surface area contributed by atoms with Crippen LogP contribution in [-0.4, -0.2) is 28.0 Å². The molecule has 1 unspecified atom stereocenters. The van der Waals surface area contributed by atoms with E-state index in [2.05, 4.69) is 26.2 Å². The minimum absolute atomic E-state index is 0.0145. The molecular formula is C14H17BrN2O3. The van der Waals surface area contributed by atoms with E-state index in [9.17, 15) is 14.7 Å². The number of hydrogen-bond donors (Lipinski definition) is 2. The largest absolute Gasteiger partial charge is 0.480 e. The molecule has 1 aromatic rings. The number of halogens is 1. The fraction of sp³-hybridized carbons (Fsp3) is 0.500. The van der Waals surface area contributed by atoms with Gasteiger partial charge in [-0.05, 0) is 46.8 Å². The molecule has 2 N–H and O–H groups in total. The van der Waals surface area contributed by atoms with Gasteiger partial charge in [0.2, 0.25) is 0 Å². The Morgan fingerprint density at radius 1 is 1.35 bits per heavy atom. The lowest BCUT2D eigenvalue weighted by Gasteiger charge is -2.28. The molecule has 1 aliphatic carbocycles. The van der Waals surface area contributed by atoms with Gasteiger partial charge < -0.3 is 10.4 Å². The van der Waals surface area contributed by atoms with Gasteiger partial charge in [0.05, 0.1) is 5.56 Å². The Morgan fingerprint density at radius 3 is 2.65 bits per heavy atom. The molecule has 1 atom stereocenters. The fourth-order valence-corrected chi connectivity index (χ4v) is 3.05. The van der Waals surface area contributed by atoms with Crippen LogP contribution in [0.3, 0.4) is 0 Å². The maximum absolute atomic E-state index is 12.2. The second-order valence-corrected chi connectivity index (χ2v) is 5.78. The van der Waals surface area contributed by atoms with Crippen LogP contribution >= 0.6 is 15.9 Å². The summed E-state index contributed by atoms with van der Waals surface area (Å²) < 4.78 is 0.422. The third kappa shape index (κ3) is 3.56. The number of carbonyl (C=O) groups excluding carboxylic acids is 1. The van der Waals surface area contributed by atoms with E-state index >= 15 is 0 Å². The molecule has 108 valence electrons. The van der Waals surface area contributed by atoms with E-state index in [1.807, 2.05) is 0 Å². The summed E-state index contributed by atoms with van der Waals surface area (Å²) in [6.45, 7) is 0. The van der Waals surface area contributed by atoms with Crippen LogP contribution in [0.4, 0.5) is 0 Å². The molecule has 0 saturated heterocycles. The average Bonchev–Trinajstić information content (AvgIpc) is 2.45. The van der Waals surface area contributed by atoms with E-state index in [1.165, 1.54) is 0 Å². The van der Waals surface area contributed by atoms with Crippen molar-refractivity contribution in [3.05, 3.63) is 28.5 Å². The first kappa shape index (κ1) is 15.0. The molecule has 0 bridgehead atoms. The topological polar surface area (TPSA) is 79.3 Å². The summed E-state index contributed by atoms with van der Waals surface area (Å²) in [6.07, 6.45) is 6.47. The van der Waals surface area contributed by atoms with Gasteiger partial charge in [0.1, 0.15) is 10.6 Å². The molecule has 2 rings (SSSR count). The Hall–Kier alpha value is -1.43. The molecule has 0 radical (unpaired) electrons. The number of amides is 1. The van der Waals surface area contributed by atoms with Gasteiger partial charge >= 0.3 is 5.97 Å². The van der Waals surface area contributed by atoms with Gasteiger partial charge in [-0.2, -0.15) is 0 Å². The van der Waals surface area contributed by atoms with Gasteiger partial charge in [-0.3, -0.25) is 4.79 Å².